The molecule has 0 aliphatic carbocycles. The summed E-state index contributed by atoms with van der Waals surface area (Å²) >= 11 is 17.0. The Balaban J connectivity index is 1.64. The predicted molar refractivity (Wildman–Crippen MR) is 127 cm³/mol. The third-order valence-electron chi connectivity index (χ3n) is 3.93. The molecule has 0 saturated heterocycles. The first-order chi connectivity index (χ1) is 14.6. The van der Waals surface area contributed by atoms with Gasteiger partial charge in [0.25, 0.3) is 15.7 Å². The van der Waals surface area contributed by atoms with Crippen molar-refractivity contribution in [3.8, 4) is 0 Å². The van der Waals surface area contributed by atoms with Crippen LogP contribution in [0.15, 0.2) is 71.6 Å². The highest BCUT2D eigenvalue weighted by atomic mass is 35.5. The van der Waals surface area contributed by atoms with Crippen molar-refractivity contribution in [2.45, 2.75) is 4.90 Å². The number of anilines is 3. The molecule has 0 amide bonds. The lowest BCUT2D eigenvalue weighted by atomic mass is 10.3. The maximum absolute atomic E-state index is 12.6. The van der Waals surface area contributed by atoms with E-state index in [1.54, 1.807) is 12.1 Å². The Kier molecular flexibility index (Phi) is 6.96. The van der Waals surface area contributed by atoms with E-state index in [0.29, 0.717) is 16.4 Å². The number of hydrogen-bond acceptors (Lipinski definition) is 5. The van der Waals surface area contributed by atoms with Gasteiger partial charge < -0.3 is 10.6 Å². The van der Waals surface area contributed by atoms with Gasteiger partial charge >= 0.3 is 0 Å². The van der Waals surface area contributed by atoms with E-state index in [-0.39, 0.29) is 26.4 Å². The highest BCUT2D eigenvalue weighted by Gasteiger charge is 2.15. The van der Waals surface area contributed by atoms with Gasteiger partial charge in [-0.05, 0) is 66.8 Å². The quantitative estimate of drug-likeness (QED) is 0.234. The van der Waals surface area contributed by atoms with E-state index in [4.69, 9.17) is 35.4 Å². The van der Waals surface area contributed by atoms with Crippen molar-refractivity contribution in [3.05, 3.63) is 86.9 Å². The molecule has 3 aromatic rings. The zero-order valence-electron chi connectivity index (χ0n) is 15.5. The van der Waals surface area contributed by atoms with Crippen LogP contribution in [0.5, 0.6) is 0 Å². The molecule has 3 aromatic carbocycles. The van der Waals surface area contributed by atoms with Crippen LogP contribution in [0, 0.1) is 10.1 Å². The van der Waals surface area contributed by atoms with Crippen molar-refractivity contribution >= 4 is 73.3 Å². The van der Waals surface area contributed by atoms with Gasteiger partial charge in [0.1, 0.15) is 0 Å². The van der Waals surface area contributed by atoms with Gasteiger partial charge in [0.2, 0.25) is 0 Å². The van der Waals surface area contributed by atoms with Crippen LogP contribution < -0.4 is 15.4 Å². The Morgan fingerprint density at radius 3 is 1.87 bits per heavy atom. The van der Waals surface area contributed by atoms with Gasteiger partial charge in [-0.15, -0.1) is 0 Å². The molecule has 0 saturated carbocycles. The molecule has 0 aromatic heterocycles. The maximum atomic E-state index is 12.6. The van der Waals surface area contributed by atoms with Gasteiger partial charge in [-0.25, -0.2) is 8.42 Å². The summed E-state index contributed by atoms with van der Waals surface area (Å²) in [6.45, 7) is 0. The molecule has 8 nitrogen and oxygen atoms in total. The lowest BCUT2D eigenvalue weighted by Gasteiger charge is -2.12. The first kappa shape index (κ1) is 22.8. The summed E-state index contributed by atoms with van der Waals surface area (Å²) in [6.07, 6.45) is 0. The van der Waals surface area contributed by atoms with Gasteiger partial charge in [-0.1, -0.05) is 23.2 Å². The van der Waals surface area contributed by atoms with Crippen LogP contribution in [0.3, 0.4) is 0 Å². The molecule has 3 N–H and O–H groups in total. The first-order valence-corrected chi connectivity index (χ1v) is 11.2. The molecule has 12 heteroatoms. The smallest absolute Gasteiger partial charge is 0.269 e. The van der Waals surface area contributed by atoms with Gasteiger partial charge in [-0.3, -0.25) is 14.8 Å². The number of non-ortho nitro benzene ring substituents is 1. The fourth-order valence-corrected chi connectivity index (χ4v) is 4.03. The number of benzene rings is 3. The average Bonchev–Trinajstić information content (AvgIpc) is 2.71. The average molecular weight is 497 g/mol. The Bertz CT molecular complexity index is 1230. The summed E-state index contributed by atoms with van der Waals surface area (Å²) in [6, 6.07) is 16.1. The number of halogens is 2. The summed E-state index contributed by atoms with van der Waals surface area (Å²) in [7, 11) is -3.83. The van der Waals surface area contributed by atoms with Crippen molar-refractivity contribution in [3.63, 3.8) is 0 Å². The summed E-state index contributed by atoms with van der Waals surface area (Å²) in [5.41, 5.74) is 1.36. The lowest BCUT2D eigenvalue weighted by Crippen LogP contribution is -2.19. The maximum Gasteiger partial charge on any atom is 0.269 e. The van der Waals surface area contributed by atoms with E-state index >= 15 is 0 Å². The van der Waals surface area contributed by atoms with Crippen molar-refractivity contribution in [1.82, 2.24) is 0 Å². The summed E-state index contributed by atoms with van der Waals surface area (Å²) in [5.74, 6) is 0. The monoisotopic (exact) mass is 496 g/mol. The standard InChI is InChI=1S/C19H14Cl2N4O4S2/c20-17-10-5-14(11-18(17)21)24-31(28,29)16-8-3-13(4-9-16)23-19(30)22-12-1-6-15(7-2-12)25(26)27/h1-11,24H,(H2,22,23,30). The van der Waals surface area contributed by atoms with Gasteiger partial charge in [0.05, 0.1) is 25.6 Å². The summed E-state index contributed by atoms with van der Waals surface area (Å²) in [4.78, 5) is 10.2. The fraction of sp³-hybridized carbons (Fsp3) is 0. The fourth-order valence-electron chi connectivity index (χ4n) is 2.45. The SMILES string of the molecule is O=[N+]([O-])c1ccc(NC(=S)Nc2ccc(S(=O)(=O)Nc3ccc(Cl)c(Cl)c3)cc2)cc1. The second kappa shape index (κ2) is 9.48. The topological polar surface area (TPSA) is 113 Å². The molecule has 160 valence electrons. The second-order valence-electron chi connectivity index (χ2n) is 6.14. The van der Waals surface area contributed by atoms with Crippen LogP contribution in [-0.2, 0) is 10.0 Å². The number of sulfonamides is 1. The molecule has 0 heterocycles. The normalized spacial score (nSPS) is 10.9. The van der Waals surface area contributed by atoms with Crippen LogP contribution in [0.1, 0.15) is 0 Å². The van der Waals surface area contributed by atoms with Crippen molar-refractivity contribution < 1.29 is 13.3 Å². The van der Waals surface area contributed by atoms with Gasteiger partial charge in [-0.2, -0.15) is 0 Å². The molecular weight excluding hydrogens is 483 g/mol. The Hall–Kier alpha value is -2.92. The van der Waals surface area contributed by atoms with Crippen molar-refractivity contribution in [2.24, 2.45) is 0 Å². The number of nitrogens with one attached hydrogen (secondary N) is 3. The van der Waals surface area contributed by atoms with Crippen LogP contribution in [-0.4, -0.2) is 18.5 Å². The predicted octanol–water partition coefficient (Wildman–Crippen LogP) is 5.51. The Morgan fingerprint density at radius 2 is 1.35 bits per heavy atom. The summed E-state index contributed by atoms with van der Waals surface area (Å²) in [5, 5.41) is 17.3. The van der Waals surface area contributed by atoms with E-state index in [1.807, 2.05) is 0 Å². The van der Waals surface area contributed by atoms with Gasteiger partial charge in [0, 0.05) is 23.5 Å². The lowest BCUT2D eigenvalue weighted by molar-refractivity contribution is -0.384. The number of hydrogen-bond donors (Lipinski definition) is 3. The van der Waals surface area contributed by atoms with Crippen LogP contribution in [0.4, 0.5) is 22.7 Å². The number of nitrogens with zero attached hydrogens (tertiary/aromatic N) is 1. The zero-order chi connectivity index (χ0) is 22.6. The van der Waals surface area contributed by atoms with E-state index in [9.17, 15) is 18.5 Å². The minimum Gasteiger partial charge on any atom is -0.332 e. The summed E-state index contributed by atoms with van der Waals surface area (Å²) < 4.78 is 27.5. The second-order valence-corrected chi connectivity index (χ2v) is 9.05. The van der Waals surface area contributed by atoms with Crippen molar-refractivity contribution in [2.75, 3.05) is 15.4 Å². The number of thiocarbonyl (C=S) groups is 1. The van der Waals surface area contributed by atoms with Crippen molar-refractivity contribution in [1.29, 1.82) is 0 Å². The first-order valence-electron chi connectivity index (χ1n) is 8.54. The van der Waals surface area contributed by atoms with E-state index < -0.39 is 14.9 Å². The molecule has 3 rings (SSSR count). The molecule has 0 aliphatic heterocycles. The molecule has 0 spiro atoms. The van der Waals surface area contributed by atoms with E-state index in [0.717, 1.165) is 0 Å². The molecule has 0 atom stereocenters. The molecule has 31 heavy (non-hydrogen) atoms. The molecular formula is C19H14Cl2N4O4S2. The van der Waals surface area contributed by atoms with Crippen LogP contribution in [0.25, 0.3) is 0 Å². The largest absolute Gasteiger partial charge is 0.332 e. The Labute approximate surface area is 193 Å². The van der Waals surface area contributed by atoms with E-state index in [1.165, 1.54) is 54.6 Å². The molecule has 0 fully saturated rings. The Morgan fingerprint density at radius 1 is 0.839 bits per heavy atom. The molecule has 0 bridgehead atoms. The third-order valence-corrected chi connectivity index (χ3v) is 6.27. The zero-order valence-corrected chi connectivity index (χ0v) is 18.6. The highest BCUT2D eigenvalue weighted by Crippen LogP contribution is 2.27. The molecule has 0 aliphatic rings. The number of nitro benzene ring substituents is 1. The van der Waals surface area contributed by atoms with E-state index in [2.05, 4.69) is 15.4 Å². The third kappa shape index (κ3) is 6.05. The minimum absolute atomic E-state index is 0.0318. The minimum atomic E-state index is -3.83. The molecule has 0 unspecified atom stereocenters. The number of rotatable bonds is 6. The van der Waals surface area contributed by atoms with Crippen LogP contribution in [0.2, 0.25) is 10.0 Å². The van der Waals surface area contributed by atoms with Gasteiger partial charge in [0.15, 0.2) is 5.11 Å². The highest BCUT2D eigenvalue weighted by molar-refractivity contribution is 7.92. The van der Waals surface area contributed by atoms with Crippen LogP contribution >= 0.6 is 35.4 Å². The molecule has 0 radical (unpaired) electrons. The number of nitro groups is 1.